The highest BCUT2D eigenvalue weighted by Gasteiger charge is 2.04. The number of rotatable bonds is 6. The highest BCUT2D eigenvalue weighted by molar-refractivity contribution is 6.18. The highest BCUT2D eigenvalue weighted by atomic mass is 35.5. The fraction of sp³-hybridized carbons (Fsp3) is 0.857. The molecule has 0 saturated heterocycles. The molecule has 0 heterocycles. The molecule has 0 radical (unpaired) electrons. The Balaban J connectivity index is 3.29. The molecule has 0 aliphatic rings. The number of hydrogen-bond donors (Lipinski definition) is 0. The average Bonchev–Trinajstić information content (AvgIpc) is 1.98. The van der Waals surface area contributed by atoms with Crippen molar-refractivity contribution in [3.8, 4) is 0 Å². The lowest BCUT2D eigenvalue weighted by atomic mass is 10.2. The van der Waals surface area contributed by atoms with E-state index in [-0.39, 0.29) is 6.10 Å². The molecule has 0 spiro atoms. The molecule has 0 aromatic rings. The quantitative estimate of drug-likeness (QED) is 0.443. The van der Waals surface area contributed by atoms with Crippen molar-refractivity contribution in [2.45, 2.75) is 32.3 Å². The first-order chi connectivity index (χ1) is 4.85. The number of unbranched alkanes of at least 4 members (excludes halogenated alkanes) is 1. The Morgan fingerprint density at radius 1 is 1.70 bits per heavy atom. The van der Waals surface area contributed by atoms with E-state index >= 15 is 0 Å². The van der Waals surface area contributed by atoms with E-state index in [1.807, 2.05) is 0 Å². The molecule has 1 unspecified atom stereocenters. The van der Waals surface area contributed by atoms with Crippen LogP contribution < -0.4 is 0 Å². The summed E-state index contributed by atoms with van der Waals surface area (Å²) in [6.45, 7) is 2.55. The van der Waals surface area contributed by atoms with Crippen molar-refractivity contribution in [1.29, 1.82) is 0 Å². The van der Waals surface area contributed by atoms with Gasteiger partial charge in [0.25, 0.3) is 6.47 Å². The van der Waals surface area contributed by atoms with Crippen molar-refractivity contribution >= 4 is 18.1 Å². The topological polar surface area (TPSA) is 26.3 Å². The van der Waals surface area contributed by atoms with Gasteiger partial charge in [-0.25, -0.2) is 0 Å². The van der Waals surface area contributed by atoms with Crippen molar-refractivity contribution in [3.63, 3.8) is 0 Å². The molecule has 0 aromatic carbocycles. The second-order valence-electron chi connectivity index (χ2n) is 2.15. The van der Waals surface area contributed by atoms with E-state index < -0.39 is 0 Å². The van der Waals surface area contributed by atoms with Gasteiger partial charge in [-0.05, 0) is 6.42 Å². The Bertz CT molecular complexity index is 85.7. The SMILES string of the molecule is CCCCC(CCl)OC=O. The molecule has 1 atom stereocenters. The van der Waals surface area contributed by atoms with Crippen LogP contribution >= 0.6 is 11.6 Å². The number of halogens is 1. The van der Waals surface area contributed by atoms with Gasteiger partial charge in [0.2, 0.25) is 0 Å². The van der Waals surface area contributed by atoms with Crippen LogP contribution in [0.4, 0.5) is 0 Å². The highest BCUT2D eigenvalue weighted by Crippen LogP contribution is 2.04. The van der Waals surface area contributed by atoms with Crippen LogP contribution in [-0.2, 0) is 9.53 Å². The van der Waals surface area contributed by atoms with Crippen molar-refractivity contribution < 1.29 is 9.53 Å². The fourth-order valence-corrected chi connectivity index (χ4v) is 0.919. The van der Waals surface area contributed by atoms with E-state index in [4.69, 9.17) is 11.6 Å². The molecular weight excluding hydrogens is 152 g/mol. The summed E-state index contributed by atoms with van der Waals surface area (Å²) in [5.41, 5.74) is 0. The Hall–Kier alpha value is -0.240. The molecular formula is C7H13ClO2. The van der Waals surface area contributed by atoms with Crippen LogP contribution in [0.2, 0.25) is 0 Å². The van der Waals surface area contributed by atoms with Gasteiger partial charge in [0, 0.05) is 0 Å². The molecule has 0 saturated carbocycles. The van der Waals surface area contributed by atoms with Gasteiger partial charge in [-0.1, -0.05) is 19.8 Å². The average molecular weight is 165 g/mol. The molecule has 3 heteroatoms. The summed E-state index contributed by atoms with van der Waals surface area (Å²) < 4.78 is 4.68. The summed E-state index contributed by atoms with van der Waals surface area (Å²) in [4.78, 5) is 9.86. The number of carbonyl (C=O) groups is 1. The Morgan fingerprint density at radius 3 is 2.80 bits per heavy atom. The summed E-state index contributed by atoms with van der Waals surface area (Å²) >= 11 is 5.50. The first-order valence-corrected chi connectivity index (χ1v) is 4.03. The van der Waals surface area contributed by atoms with Gasteiger partial charge in [-0.3, -0.25) is 4.79 Å². The largest absolute Gasteiger partial charge is 0.463 e. The monoisotopic (exact) mass is 164 g/mol. The second-order valence-corrected chi connectivity index (χ2v) is 2.46. The number of hydrogen-bond acceptors (Lipinski definition) is 2. The minimum absolute atomic E-state index is 0.0842. The van der Waals surface area contributed by atoms with Crippen LogP contribution in [0.3, 0.4) is 0 Å². The molecule has 0 amide bonds. The maximum Gasteiger partial charge on any atom is 0.293 e. The van der Waals surface area contributed by atoms with Gasteiger partial charge in [-0.2, -0.15) is 0 Å². The fourth-order valence-electron chi connectivity index (χ4n) is 0.692. The van der Waals surface area contributed by atoms with Crippen LogP contribution in [0.5, 0.6) is 0 Å². The van der Waals surface area contributed by atoms with E-state index in [1.54, 1.807) is 0 Å². The zero-order valence-electron chi connectivity index (χ0n) is 6.18. The van der Waals surface area contributed by atoms with Gasteiger partial charge >= 0.3 is 0 Å². The maximum absolute atomic E-state index is 9.86. The predicted molar refractivity (Wildman–Crippen MR) is 41.2 cm³/mol. The van der Waals surface area contributed by atoms with Gasteiger partial charge in [0.15, 0.2) is 0 Å². The van der Waals surface area contributed by atoms with Crippen molar-refractivity contribution in [2.24, 2.45) is 0 Å². The molecule has 10 heavy (non-hydrogen) atoms. The third kappa shape index (κ3) is 4.62. The summed E-state index contributed by atoms with van der Waals surface area (Å²) in [5.74, 6) is 0.402. The zero-order chi connectivity index (χ0) is 7.82. The molecule has 2 nitrogen and oxygen atoms in total. The maximum atomic E-state index is 9.86. The van der Waals surface area contributed by atoms with Gasteiger partial charge in [-0.15, -0.1) is 11.6 Å². The molecule has 0 rings (SSSR count). The molecule has 0 N–H and O–H groups in total. The van der Waals surface area contributed by atoms with Crippen LogP contribution in [0.25, 0.3) is 0 Å². The predicted octanol–water partition coefficient (Wildman–Crippen LogP) is 1.96. The summed E-state index contributed by atoms with van der Waals surface area (Å²) in [5, 5.41) is 0. The van der Waals surface area contributed by atoms with E-state index in [0.29, 0.717) is 12.4 Å². The molecule has 0 aliphatic heterocycles. The Labute approximate surface area is 66.5 Å². The standard InChI is InChI=1S/C7H13ClO2/c1-2-3-4-7(5-8)10-6-9/h6-7H,2-5H2,1H3. The number of ether oxygens (including phenoxy) is 1. The van der Waals surface area contributed by atoms with E-state index in [0.717, 1.165) is 19.3 Å². The number of carbonyl (C=O) groups excluding carboxylic acids is 1. The zero-order valence-corrected chi connectivity index (χ0v) is 6.93. The van der Waals surface area contributed by atoms with Crippen molar-refractivity contribution in [3.05, 3.63) is 0 Å². The lowest BCUT2D eigenvalue weighted by Crippen LogP contribution is -2.13. The Kier molecular flexibility index (Phi) is 6.71. The van der Waals surface area contributed by atoms with E-state index in [1.165, 1.54) is 0 Å². The van der Waals surface area contributed by atoms with E-state index in [9.17, 15) is 4.79 Å². The Morgan fingerprint density at radius 2 is 2.40 bits per heavy atom. The minimum atomic E-state index is -0.0842. The molecule has 0 fully saturated rings. The van der Waals surface area contributed by atoms with E-state index in [2.05, 4.69) is 11.7 Å². The summed E-state index contributed by atoms with van der Waals surface area (Å²) in [7, 11) is 0. The molecule has 0 aliphatic carbocycles. The summed E-state index contributed by atoms with van der Waals surface area (Å²) in [6.07, 6.45) is 2.96. The third-order valence-electron chi connectivity index (χ3n) is 1.30. The first kappa shape index (κ1) is 9.76. The van der Waals surface area contributed by atoms with Gasteiger partial charge < -0.3 is 4.74 Å². The number of alkyl halides is 1. The normalized spacial score (nSPS) is 12.6. The molecule has 0 aromatic heterocycles. The molecule has 0 bridgehead atoms. The third-order valence-corrected chi connectivity index (χ3v) is 1.64. The molecule has 60 valence electrons. The van der Waals surface area contributed by atoms with Crippen LogP contribution in [0, 0.1) is 0 Å². The van der Waals surface area contributed by atoms with Crippen LogP contribution in [-0.4, -0.2) is 18.5 Å². The summed E-state index contributed by atoms with van der Waals surface area (Å²) in [6, 6.07) is 0. The lowest BCUT2D eigenvalue weighted by Gasteiger charge is -2.09. The smallest absolute Gasteiger partial charge is 0.293 e. The minimum Gasteiger partial charge on any atom is -0.463 e. The lowest BCUT2D eigenvalue weighted by molar-refractivity contribution is -0.132. The van der Waals surface area contributed by atoms with Crippen LogP contribution in [0.1, 0.15) is 26.2 Å². The van der Waals surface area contributed by atoms with Crippen molar-refractivity contribution in [1.82, 2.24) is 0 Å². The van der Waals surface area contributed by atoms with Gasteiger partial charge in [0.05, 0.1) is 5.88 Å². The van der Waals surface area contributed by atoms with Crippen LogP contribution in [0.15, 0.2) is 0 Å². The first-order valence-electron chi connectivity index (χ1n) is 3.50. The van der Waals surface area contributed by atoms with Crippen molar-refractivity contribution in [2.75, 3.05) is 5.88 Å². The van der Waals surface area contributed by atoms with Gasteiger partial charge in [0.1, 0.15) is 6.10 Å². The second kappa shape index (κ2) is 6.87.